The lowest BCUT2D eigenvalue weighted by Gasteiger charge is -2.10. The second-order valence-electron chi connectivity index (χ2n) is 7.48. The van der Waals surface area contributed by atoms with E-state index in [4.69, 9.17) is 4.74 Å². The van der Waals surface area contributed by atoms with E-state index in [1.807, 2.05) is 17.8 Å². The van der Waals surface area contributed by atoms with Gasteiger partial charge in [0.05, 0.1) is 4.90 Å². The van der Waals surface area contributed by atoms with Crippen molar-refractivity contribution in [1.29, 1.82) is 0 Å². The minimum Gasteiger partial charge on any atom is -0.486 e. The molecule has 0 aliphatic rings. The maximum Gasteiger partial charge on any atom is 0.261 e. The van der Waals surface area contributed by atoms with E-state index in [-0.39, 0.29) is 11.6 Å². The highest BCUT2D eigenvalue weighted by molar-refractivity contribution is 7.92. The predicted molar refractivity (Wildman–Crippen MR) is 126 cm³/mol. The molecule has 1 aromatic heterocycles. The number of halogens is 2. The number of aryl methyl sites for hydroxylation is 1. The lowest BCUT2D eigenvalue weighted by atomic mass is 10.2. The summed E-state index contributed by atoms with van der Waals surface area (Å²) in [6.07, 6.45) is 3.50. The van der Waals surface area contributed by atoms with Crippen LogP contribution in [0.15, 0.2) is 84.0 Å². The van der Waals surface area contributed by atoms with Crippen molar-refractivity contribution in [3.8, 4) is 5.75 Å². The van der Waals surface area contributed by atoms with Crippen LogP contribution in [0, 0.1) is 11.6 Å². The van der Waals surface area contributed by atoms with E-state index in [9.17, 15) is 22.0 Å². The van der Waals surface area contributed by atoms with Gasteiger partial charge in [0.15, 0.2) is 11.6 Å². The van der Waals surface area contributed by atoms with Gasteiger partial charge in [0.1, 0.15) is 18.2 Å². The zero-order valence-electron chi connectivity index (χ0n) is 18.4. The van der Waals surface area contributed by atoms with Crippen molar-refractivity contribution in [1.82, 2.24) is 9.55 Å². The van der Waals surface area contributed by atoms with Crippen molar-refractivity contribution in [3.05, 3.63) is 102 Å². The number of aromatic nitrogens is 2. The zero-order valence-corrected chi connectivity index (χ0v) is 19.2. The van der Waals surface area contributed by atoms with Gasteiger partial charge in [-0.2, -0.15) is 0 Å². The van der Waals surface area contributed by atoms with E-state index >= 15 is 0 Å². The third kappa shape index (κ3) is 5.82. The van der Waals surface area contributed by atoms with Crippen LogP contribution in [0.2, 0.25) is 0 Å². The smallest absolute Gasteiger partial charge is 0.261 e. The number of hydrogen-bond donors (Lipinski definition) is 2. The summed E-state index contributed by atoms with van der Waals surface area (Å²) in [5, 5.41) is 2.71. The van der Waals surface area contributed by atoms with E-state index in [0.29, 0.717) is 29.7 Å². The molecule has 11 heteroatoms. The van der Waals surface area contributed by atoms with Crippen molar-refractivity contribution in [2.24, 2.45) is 7.05 Å². The van der Waals surface area contributed by atoms with E-state index in [2.05, 4.69) is 15.0 Å². The monoisotopic (exact) mass is 498 g/mol. The fraction of sp³-hybridized carbons (Fsp3) is 0.0833. The standard InChI is InChI=1S/C24H20F2N4O4S/c1-30-13-12-27-23(30)15-34-19-8-2-16(3-9-19)24(31)28-17-4-6-18(7-5-17)29-35(32,33)20-10-11-21(25)22(26)14-20/h2-14,29H,15H2,1H3,(H,28,31). The van der Waals surface area contributed by atoms with Crippen LogP contribution in [0.3, 0.4) is 0 Å². The molecule has 180 valence electrons. The second kappa shape index (κ2) is 9.94. The number of amides is 1. The first-order valence-electron chi connectivity index (χ1n) is 10.3. The number of sulfonamides is 1. The molecular formula is C24H20F2N4O4S. The Balaban J connectivity index is 1.35. The number of ether oxygens (including phenoxy) is 1. The SMILES string of the molecule is Cn1ccnc1COc1ccc(C(=O)Nc2ccc(NS(=O)(=O)c3ccc(F)c(F)c3)cc2)cc1. The normalized spacial score (nSPS) is 11.2. The van der Waals surface area contributed by atoms with E-state index < -0.39 is 26.6 Å². The molecule has 0 bridgehead atoms. The molecule has 3 aromatic carbocycles. The number of carbonyl (C=O) groups excluding carboxylic acids is 1. The number of nitrogens with zero attached hydrogens (tertiary/aromatic N) is 2. The summed E-state index contributed by atoms with van der Waals surface area (Å²) in [4.78, 5) is 16.3. The minimum atomic E-state index is -4.12. The maximum atomic E-state index is 13.4. The molecule has 0 radical (unpaired) electrons. The molecule has 0 atom stereocenters. The summed E-state index contributed by atoms with van der Waals surface area (Å²) in [6.45, 7) is 0.293. The number of rotatable bonds is 8. The van der Waals surface area contributed by atoms with Gasteiger partial charge in [-0.1, -0.05) is 0 Å². The van der Waals surface area contributed by atoms with Crippen molar-refractivity contribution in [2.75, 3.05) is 10.0 Å². The van der Waals surface area contributed by atoms with Crippen molar-refractivity contribution < 1.29 is 26.7 Å². The van der Waals surface area contributed by atoms with Gasteiger partial charge in [-0.05, 0) is 66.7 Å². The van der Waals surface area contributed by atoms with Gasteiger partial charge in [-0.15, -0.1) is 0 Å². The van der Waals surface area contributed by atoms with Crippen molar-refractivity contribution in [2.45, 2.75) is 11.5 Å². The van der Waals surface area contributed by atoms with Gasteiger partial charge in [-0.3, -0.25) is 9.52 Å². The molecule has 4 rings (SSSR count). The maximum absolute atomic E-state index is 13.4. The largest absolute Gasteiger partial charge is 0.486 e. The minimum absolute atomic E-state index is 0.182. The lowest BCUT2D eigenvalue weighted by molar-refractivity contribution is 0.102. The Morgan fingerprint density at radius 1 is 0.971 bits per heavy atom. The molecule has 35 heavy (non-hydrogen) atoms. The Hall–Kier alpha value is -4.25. The summed E-state index contributed by atoms with van der Waals surface area (Å²) in [6, 6.07) is 14.8. The van der Waals surface area contributed by atoms with Crippen LogP contribution in [-0.4, -0.2) is 23.9 Å². The molecule has 1 heterocycles. The third-order valence-electron chi connectivity index (χ3n) is 5.00. The highest BCUT2D eigenvalue weighted by Gasteiger charge is 2.17. The number of benzene rings is 3. The van der Waals surface area contributed by atoms with Crippen LogP contribution in [0.25, 0.3) is 0 Å². The fourth-order valence-corrected chi connectivity index (χ4v) is 4.14. The van der Waals surface area contributed by atoms with Gasteiger partial charge in [0.2, 0.25) is 0 Å². The summed E-state index contributed by atoms with van der Waals surface area (Å²) in [7, 11) is -2.25. The molecule has 0 fully saturated rings. The predicted octanol–water partition coefficient (Wildman–Crippen LogP) is 4.33. The molecule has 1 amide bonds. The highest BCUT2D eigenvalue weighted by atomic mass is 32.2. The quantitative estimate of drug-likeness (QED) is 0.377. The Morgan fingerprint density at radius 2 is 1.66 bits per heavy atom. The first kappa shape index (κ1) is 23.9. The van der Waals surface area contributed by atoms with Crippen LogP contribution in [0.1, 0.15) is 16.2 Å². The summed E-state index contributed by atoms with van der Waals surface area (Å²) >= 11 is 0. The molecule has 0 spiro atoms. The third-order valence-corrected chi connectivity index (χ3v) is 6.38. The molecule has 0 saturated carbocycles. The number of carbonyl (C=O) groups is 1. The van der Waals surface area contributed by atoms with Gasteiger partial charge in [-0.25, -0.2) is 22.2 Å². The molecule has 4 aromatic rings. The average molecular weight is 499 g/mol. The van der Waals surface area contributed by atoms with Crippen molar-refractivity contribution >= 4 is 27.3 Å². The van der Waals surface area contributed by atoms with Crippen LogP contribution in [0.4, 0.5) is 20.2 Å². The number of imidazole rings is 1. The Bertz CT molecular complexity index is 1450. The Labute approximate surface area is 200 Å². The molecule has 8 nitrogen and oxygen atoms in total. The van der Waals surface area contributed by atoms with E-state index in [1.54, 1.807) is 30.5 Å². The number of nitrogens with one attached hydrogen (secondary N) is 2. The fourth-order valence-electron chi connectivity index (χ4n) is 3.07. The van der Waals surface area contributed by atoms with Crippen LogP contribution < -0.4 is 14.8 Å². The number of anilines is 2. The van der Waals surface area contributed by atoms with Crippen molar-refractivity contribution in [3.63, 3.8) is 0 Å². The highest BCUT2D eigenvalue weighted by Crippen LogP contribution is 2.21. The second-order valence-corrected chi connectivity index (χ2v) is 9.16. The van der Waals surface area contributed by atoms with E-state index in [0.717, 1.165) is 18.0 Å². The molecule has 0 saturated heterocycles. The van der Waals surface area contributed by atoms with Crippen LogP contribution in [0.5, 0.6) is 5.75 Å². The molecular weight excluding hydrogens is 478 g/mol. The Kier molecular flexibility index (Phi) is 6.78. The summed E-state index contributed by atoms with van der Waals surface area (Å²) in [5.41, 5.74) is 1.01. The van der Waals surface area contributed by atoms with E-state index in [1.165, 1.54) is 24.3 Å². The topological polar surface area (TPSA) is 102 Å². The first-order chi connectivity index (χ1) is 16.7. The lowest BCUT2D eigenvalue weighted by Crippen LogP contribution is -2.14. The van der Waals surface area contributed by atoms with Crippen LogP contribution in [-0.2, 0) is 23.7 Å². The summed E-state index contributed by atoms with van der Waals surface area (Å²) < 4.78 is 61.0. The zero-order chi connectivity index (χ0) is 25.0. The molecule has 0 aliphatic heterocycles. The molecule has 0 unspecified atom stereocenters. The van der Waals surface area contributed by atoms with Gasteiger partial charge in [0.25, 0.3) is 15.9 Å². The van der Waals surface area contributed by atoms with Gasteiger partial charge < -0.3 is 14.6 Å². The average Bonchev–Trinajstić information content (AvgIpc) is 3.25. The Morgan fingerprint density at radius 3 is 2.29 bits per heavy atom. The molecule has 0 aliphatic carbocycles. The summed E-state index contributed by atoms with van der Waals surface area (Å²) in [5.74, 6) is -1.42. The van der Waals surface area contributed by atoms with Gasteiger partial charge in [0, 0.05) is 36.4 Å². The first-order valence-corrected chi connectivity index (χ1v) is 11.8. The van der Waals surface area contributed by atoms with Crippen LogP contribution >= 0.6 is 0 Å². The molecule has 2 N–H and O–H groups in total. The number of hydrogen-bond acceptors (Lipinski definition) is 5. The van der Waals surface area contributed by atoms with Gasteiger partial charge >= 0.3 is 0 Å².